The third-order valence-electron chi connectivity index (χ3n) is 3.02. The predicted molar refractivity (Wildman–Crippen MR) is 67.1 cm³/mol. The summed E-state index contributed by atoms with van der Waals surface area (Å²) in [4.78, 5) is 33.2. The van der Waals surface area contributed by atoms with Crippen molar-refractivity contribution in [2.24, 2.45) is 5.73 Å². The van der Waals surface area contributed by atoms with E-state index in [-0.39, 0.29) is 0 Å². The zero-order valence-electron chi connectivity index (χ0n) is 11.6. The van der Waals surface area contributed by atoms with E-state index in [1.807, 2.05) is 0 Å². The number of carboxylic acid groups (broad SMARTS) is 1. The molecule has 0 radical (unpaired) electrons. The molecule has 126 valence electrons. The Balaban J connectivity index is 3.05. The van der Waals surface area contributed by atoms with Crippen LogP contribution in [-0.4, -0.2) is 81.6 Å². The van der Waals surface area contributed by atoms with Crippen molar-refractivity contribution >= 4 is 17.8 Å². The largest absolute Gasteiger partial charge is 0.479 e. The van der Waals surface area contributed by atoms with Crippen molar-refractivity contribution in [3.05, 3.63) is 0 Å². The quantitative estimate of drug-likeness (QED) is 0.264. The number of ether oxygens (including phenoxy) is 2. The van der Waals surface area contributed by atoms with Crippen LogP contribution in [0.5, 0.6) is 0 Å². The molecule has 0 spiro atoms. The van der Waals surface area contributed by atoms with Crippen molar-refractivity contribution in [1.29, 1.82) is 0 Å². The van der Waals surface area contributed by atoms with Crippen LogP contribution in [0, 0.1) is 0 Å². The van der Waals surface area contributed by atoms with Gasteiger partial charge in [-0.25, -0.2) is 4.79 Å². The number of nitrogens with one attached hydrogen (secondary N) is 1. The predicted octanol–water partition coefficient (Wildman–Crippen LogP) is -4.11. The van der Waals surface area contributed by atoms with Crippen LogP contribution in [0.15, 0.2) is 0 Å². The van der Waals surface area contributed by atoms with Gasteiger partial charge in [-0.15, -0.1) is 0 Å². The number of primary amides is 1. The van der Waals surface area contributed by atoms with Crippen LogP contribution in [0.2, 0.25) is 0 Å². The smallest absolute Gasteiger partial charge is 0.342 e. The number of nitrogens with two attached hydrogens (primary N) is 1. The summed E-state index contributed by atoms with van der Waals surface area (Å²) >= 11 is 0. The molecule has 0 saturated carbocycles. The van der Waals surface area contributed by atoms with Crippen LogP contribution >= 0.6 is 0 Å². The van der Waals surface area contributed by atoms with E-state index in [0.717, 1.165) is 6.92 Å². The van der Waals surface area contributed by atoms with Gasteiger partial charge in [0.1, 0.15) is 24.4 Å². The molecule has 0 aromatic rings. The van der Waals surface area contributed by atoms with E-state index in [9.17, 15) is 24.6 Å². The molecule has 1 aliphatic rings. The first-order chi connectivity index (χ1) is 10.2. The highest BCUT2D eigenvalue weighted by Crippen LogP contribution is 2.23. The fraction of sp³-hybridized carbons (Fsp3) is 0.727. The van der Waals surface area contributed by atoms with Gasteiger partial charge < -0.3 is 41.0 Å². The lowest BCUT2D eigenvalue weighted by molar-refractivity contribution is -0.266. The van der Waals surface area contributed by atoms with Crippen molar-refractivity contribution < 1.29 is 44.3 Å². The molecule has 0 unspecified atom stereocenters. The second kappa shape index (κ2) is 7.47. The summed E-state index contributed by atoms with van der Waals surface area (Å²) in [5.41, 5.74) is 4.89. The molecule has 1 aliphatic heterocycles. The van der Waals surface area contributed by atoms with E-state index in [4.69, 9.17) is 25.4 Å². The maximum atomic E-state index is 11.1. The van der Waals surface area contributed by atoms with Gasteiger partial charge in [-0.3, -0.25) is 9.59 Å². The van der Waals surface area contributed by atoms with Gasteiger partial charge in [0.2, 0.25) is 12.0 Å². The minimum Gasteiger partial charge on any atom is -0.479 e. The van der Waals surface area contributed by atoms with Crippen molar-refractivity contribution in [2.75, 3.05) is 6.61 Å². The number of amides is 2. The number of hydrogen-bond acceptors (Lipinski definition) is 8. The van der Waals surface area contributed by atoms with Gasteiger partial charge in [-0.2, -0.15) is 0 Å². The maximum Gasteiger partial charge on any atom is 0.342 e. The molecule has 1 saturated heterocycles. The standard InChI is InChI=1S/C11H18N2O9/c1-3(15)13-5-7(22-8(9(12)17)10(18)19)6(16)4(2-14)21-11(5)20/h4-8,11,14,16,20H,2H2,1H3,(H2,12,17)(H,13,15)(H,18,19)/t4-,5-,6-,7-,8+,11+/m1/s1. The lowest BCUT2D eigenvalue weighted by atomic mass is 9.96. The molecule has 1 heterocycles. The van der Waals surface area contributed by atoms with Crippen LogP contribution in [0.25, 0.3) is 0 Å². The van der Waals surface area contributed by atoms with Gasteiger partial charge in [0.25, 0.3) is 5.91 Å². The second-order valence-electron chi connectivity index (χ2n) is 4.69. The fourth-order valence-corrected chi connectivity index (χ4v) is 2.04. The Morgan fingerprint density at radius 2 is 1.95 bits per heavy atom. The zero-order valence-corrected chi connectivity index (χ0v) is 11.6. The van der Waals surface area contributed by atoms with Crippen LogP contribution in [0.1, 0.15) is 6.92 Å². The first-order valence-electron chi connectivity index (χ1n) is 6.26. The molecule has 0 aliphatic carbocycles. The van der Waals surface area contributed by atoms with Crippen molar-refractivity contribution in [3.8, 4) is 0 Å². The highest BCUT2D eigenvalue weighted by molar-refractivity contribution is 5.99. The minimum absolute atomic E-state index is 0.623. The highest BCUT2D eigenvalue weighted by atomic mass is 16.6. The minimum atomic E-state index is -2.11. The summed E-state index contributed by atoms with van der Waals surface area (Å²) in [6.45, 7) is 0.399. The Kier molecular flexibility index (Phi) is 6.20. The third-order valence-corrected chi connectivity index (χ3v) is 3.02. The molecule has 0 bridgehead atoms. The lowest BCUT2D eigenvalue weighted by Gasteiger charge is -2.42. The Labute approximate surface area is 124 Å². The first-order valence-corrected chi connectivity index (χ1v) is 6.26. The molecule has 0 aromatic carbocycles. The van der Waals surface area contributed by atoms with Crippen LogP contribution in [-0.2, 0) is 23.9 Å². The van der Waals surface area contributed by atoms with Gasteiger partial charge in [-0.1, -0.05) is 0 Å². The lowest BCUT2D eigenvalue weighted by Crippen LogP contribution is -2.66. The summed E-state index contributed by atoms with van der Waals surface area (Å²) in [6, 6.07) is -1.36. The van der Waals surface area contributed by atoms with Crippen LogP contribution in [0.3, 0.4) is 0 Å². The third kappa shape index (κ3) is 4.11. The molecule has 1 rings (SSSR count). The number of aliphatic carboxylic acids is 1. The molecule has 0 aromatic heterocycles. The van der Waals surface area contributed by atoms with E-state index >= 15 is 0 Å². The van der Waals surface area contributed by atoms with E-state index in [1.54, 1.807) is 0 Å². The SMILES string of the molecule is CC(=O)N[C@@H]1[C@@H](O[C@@H](C(N)=O)C(=O)O)[C@H](O)[C@@H](CO)O[C@@H]1O. The molecular weight excluding hydrogens is 304 g/mol. The van der Waals surface area contributed by atoms with Gasteiger partial charge in [0.15, 0.2) is 6.29 Å². The number of carbonyl (C=O) groups is 3. The van der Waals surface area contributed by atoms with E-state index in [2.05, 4.69) is 5.32 Å². The number of carbonyl (C=O) groups excluding carboxylic acids is 2. The average Bonchev–Trinajstić information content (AvgIpc) is 2.40. The monoisotopic (exact) mass is 322 g/mol. The second-order valence-corrected chi connectivity index (χ2v) is 4.69. The van der Waals surface area contributed by atoms with E-state index in [1.165, 1.54) is 0 Å². The Morgan fingerprint density at radius 3 is 2.36 bits per heavy atom. The molecule has 6 atom stereocenters. The maximum absolute atomic E-state index is 11.1. The molecule has 7 N–H and O–H groups in total. The number of aliphatic hydroxyl groups is 3. The first kappa shape index (κ1) is 18.3. The summed E-state index contributed by atoms with van der Waals surface area (Å²) < 4.78 is 9.84. The van der Waals surface area contributed by atoms with Gasteiger partial charge in [0, 0.05) is 6.92 Å². The topological polar surface area (TPSA) is 189 Å². The molecule has 2 amide bonds. The number of aliphatic hydroxyl groups excluding tert-OH is 3. The van der Waals surface area contributed by atoms with E-state index in [0.29, 0.717) is 0 Å². The molecule has 11 heteroatoms. The highest BCUT2D eigenvalue weighted by Gasteiger charge is 2.48. The Hall–Kier alpha value is -1.79. The summed E-state index contributed by atoms with van der Waals surface area (Å²) in [7, 11) is 0. The van der Waals surface area contributed by atoms with E-state index < -0.39 is 61.1 Å². The van der Waals surface area contributed by atoms with Gasteiger partial charge in [-0.05, 0) is 0 Å². The Morgan fingerprint density at radius 1 is 1.36 bits per heavy atom. The fourth-order valence-electron chi connectivity index (χ4n) is 2.04. The molecule has 22 heavy (non-hydrogen) atoms. The van der Waals surface area contributed by atoms with Crippen LogP contribution in [0.4, 0.5) is 0 Å². The number of carboxylic acids is 1. The molecule has 1 fully saturated rings. The van der Waals surface area contributed by atoms with Crippen molar-refractivity contribution in [1.82, 2.24) is 5.32 Å². The average molecular weight is 322 g/mol. The zero-order chi connectivity index (χ0) is 17.0. The summed E-state index contributed by atoms with van der Waals surface area (Å²) in [5, 5.41) is 40.0. The normalized spacial score (nSPS) is 33.0. The van der Waals surface area contributed by atoms with Gasteiger partial charge in [0.05, 0.1) is 6.61 Å². The molecular formula is C11H18N2O9. The summed E-state index contributed by atoms with van der Waals surface area (Å²) in [5.74, 6) is -3.66. The number of hydrogen-bond donors (Lipinski definition) is 6. The Bertz CT molecular complexity index is 429. The van der Waals surface area contributed by atoms with Gasteiger partial charge >= 0.3 is 5.97 Å². The summed E-state index contributed by atoms with van der Waals surface area (Å²) in [6.07, 6.45) is -8.27. The van der Waals surface area contributed by atoms with Crippen molar-refractivity contribution in [2.45, 2.75) is 43.7 Å². The number of rotatable bonds is 6. The molecule has 11 nitrogen and oxygen atoms in total. The van der Waals surface area contributed by atoms with Crippen LogP contribution < -0.4 is 11.1 Å². The van der Waals surface area contributed by atoms with Crippen molar-refractivity contribution in [3.63, 3.8) is 0 Å².